The largest absolute Gasteiger partial charge is 0.379 e. The molecule has 1 aliphatic rings. The Morgan fingerprint density at radius 3 is 2.46 bits per heavy atom. The number of urea groups is 1. The minimum Gasteiger partial charge on any atom is -0.379 e. The number of halogens is 1. The van der Waals surface area contributed by atoms with E-state index >= 15 is 0 Å². The van der Waals surface area contributed by atoms with E-state index < -0.39 is 21.9 Å². The quantitative estimate of drug-likeness (QED) is 0.467. The fourth-order valence-corrected chi connectivity index (χ4v) is 3.91. The summed E-state index contributed by atoms with van der Waals surface area (Å²) in [6.07, 6.45) is 0.0450. The van der Waals surface area contributed by atoms with Crippen LogP contribution in [0.4, 0.5) is 9.18 Å². The summed E-state index contributed by atoms with van der Waals surface area (Å²) in [5.74, 6) is -0.881. The summed E-state index contributed by atoms with van der Waals surface area (Å²) >= 11 is 0. The van der Waals surface area contributed by atoms with Crippen molar-refractivity contribution in [2.75, 3.05) is 51.7 Å². The number of morpholine rings is 1. The first-order valence-corrected chi connectivity index (χ1v) is 10.6. The third kappa shape index (κ3) is 7.79. The first-order chi connectivity index (χ1) is 13.4. The van der Waals surface area contributed by atoms with E-state index in [1.54, 1.807) is 6.07 Å². The topological polar surface area (TPSA) is 117 Å². The number of sulfonamides is 1. The predicted octanol–water partition coefficient (Wildman–Crippen LogP) is -0.554. The molecule has 156 valence electrons. The normalized spacial score (nSPS) is 15.0. The van der Waals surface area contributed by atoms with Gasteiger partial charge in [0, 0.05) is 32.7 Å². The molecular weight excluding hydrogens is 391 g/mol. The number of amides is 3. The molecule has 0 spiro atoms. The SMILES string of the molecule is O=C(Cc1cccc(F)c1)NCCNC(=O)NCCS(=O)(=O)N1CCOCC1. The van der Waals surface area contributed by atoms with Crippen LogP contribution in [0.2, 0.25) is 0 Å². The van der Waals surface area contributed by atoms with Crippen LogP contribution in [0.15, 0.2) is 24.3 Å². The van der Waals surface area contributed by atoms with Gasteiger partial charge in [-0.3, -0.25) is 4.79 Å². The molecule has 1 saturated heterocycles. The first-order valence-electron chi connectivity index (χ1n) is 8.95. The lowest BCUT2D eigenvalue weighted by Crippen LogP contribution is -2.45. The molecule has 0 aromatic heterocycles. The standard InChI is InChI=1S/C17H25FN4O5S/c18-15-3-1-2-14(12-15)13-16(23)19-4-5-20-17(24)21-6-11-28(25,26)22-7-9-27-10-8-22/h1-3,12H,4-11,13H2,(H,19,23)(H2,20,21,24). The van der Waals surface area contributed by atoms with E-state index in [1.807, 2.05) is 0 Å². The van der Waals surface area contributed by atoms with Gasteiger partial charge in [-0.05, 0) is 17.7 Å². The van der Waals surface area contributed by atoms with Gasteiger partial charge in [0.15, 0.2) is 0 Å². The second kappa shape index (κ2) is 10.9. The van der Waals surface area contributed by atoms with Crippen LogP contribution in [-0.2, 0) is 26.0 Å². The maximum absolute atomic E-state index is 13.1. The van der Waals surface area contributed by atoms with Crippen molar-refractivity contribution in [1.82, 2.24) is 20.3 Å². The highest BCUT2D eigenvalue weighted by Gasteiger charge is 2.23. The summed E-state index contributed by atoms with van der Waals surface area (Å²) in [6.45, 7) is 1.76. The molecule has 0 bridgehead atoms. The van der Waals surface area contributed by atoms with Gasteiger partial charge in [-0.1, -0.05) is 12.1 Å². The van der Waals surface area contributed by atoms with Gasteiger partial charge in [0.05, 0.1) is 25.4 Å². The fraction of sp³-hybridized carbons (Fsp3) is 0.529. The molecule has 1 fully saturated rings. The van der Waals surface area contributed by atoms with Gasteiger partial charge in [-0.25, -0.2) is 17.6 Å². The highest BCUT2D eigenvalue weighted by molar-refractivity contribution is 7.89. The Balaban J connectivity index is 1.56. The number of ether oxygens (including phenoxy) is 1. The van der Waals surface area contributed by atoms with E-state index in [0.29, 0.717) is 31.9 Å². The minimum absolute atomic E-state index is 0.0164. The number of hydrogen-bond donors (Lipinski definition) is 3. The average Bonchev–Trinajstić information content (AvgIpc) is 2.66. The van der Waals surface area contributed by atoms with Crippen LogP contribution in [-0.4, -0.2) is 76.4 Å². The number of carbonyl (C=O) groups excluding carboxylic acids is 2. The number of hydrogen-bond acceptors (Lipinski definition) is 5. The Kier molecular flexibility index (Phi) is 8.61. The lowest BCUT2D eigenvalue weighted by molar-refractivity contribution is -0.120. The summed E-state index contributed by atoms with van der Waals surface area (Å²) in [6, 6.07) is 5.26. The molecule has 0 atom stereocenters. The zero-order chi connectivity index (χ0) is 20.4. The highest BCUT2D eigenvalue weighted by Crippen LogP contribution is 2.05. The van der Waals surface area contributed by atoms with E-state index in [1.165, 1.54) is 22.5 Å². The molecule has 3 amide bonds. The Labute approximate surface area is 163 Å². The van der Waals surface area contributed by atoms with Crippen LogP contribution in [0.25, 0.3) is 0 Å². The van der Waals surface area contributed by atoms with Crippen LogP contribution in [0.5, 0.6) is 0 Å². The maximum Gasteiger partial charge on any atom is 0.314 e. The van der Waals surface area contributed by atoms with Gasteiger partial charge in [0.1, 0.15) is 5.82 Å². The van der Waals surface area contributed by atoms with Crippen molar-refractivity contribution in [2.24, 2.45) is 0 Å². The van der Waals surface area contributed by atoms with Crippen molar-refractivity contribution in [3.8, 4) is 0 Å². The van der Waals surface area contributed by atoms with E-state index in [4.69, 9.17) is 4.74 Å². The number of nitrogens with zero attached hydrogens (tertiary/aromatic N) is 1. The van der Waals surface area contributed by atoms with Crippen molar-refractivity contribution in [1.29, 1.82) is 0 Å². The molecular formula is C17H25FN4O5S. The minimum atomic E-state index is -3.42. The monoisotopic (exact) mass is 416 g/mol. The predicted molar refractivity (Wildman–Crippen MR) is 101 cm³/mol. The molecule has 1 aromatic rings. The second-order valence-electron chi connectivity index (χ2n) is 6.17. The molecule has 0 aliphatic carbocycles. The Morgan fingerprint density at radius 1 is 1.07 bits per heavy atom. The molecule has 9 nitrogen and oxygen atoms in total. The smallest absolute Gasteiger partial charge is 0.314 e. The zero-order valence-corrected chi connectivity index (χ0v) is 16.3. The third-order valence-electron chi connectivity index (χ3n) is 4.00. The third-order valence-corrected chi connectivity index (χ3v) is 5.87. The lowest BCUT2D eigenvalue weighted by atomic mass is 10.1. The van der Waals surface area contributed by atoms with Gasteiger partial charge >= 0.3 is 6.03 Å². The van der Waals surface area contributed by atoms with Crippen molar-refractivity contribution in [2.45, 2.75) is 6.42 Å². The number of nitrogens with one attached hydrogen (secondary N) is 3. The van der Waals surface area contributed by atoms with E-state index in [0.717, 1.165) is 0 Å². The van der Waals surface area contributed by atoms with Crippen LogP contribution in [0.1, 0.15) is 5.56 Å². The first kappa shape index (κ1) is 22.1. The van der Waals surface area contributed by atoms with Crippen molar-refractivity contribution >= 4 is 22.0 Å². The van der Waals surface area contributed by atoms with Crippen LogP contribution >= 0.6 is 0 Å². The van der Waals surface area contributed by atoms with Gasteiger partial charge in [0.25, 0.3) is 0 Å². The van der Waals surface area contributed by atoms with Crippen LogP contribution in [0.3, 0.4) is 0 Å². The Bertz CT molecular complexity index is 769. The van der Waals surface area contributed by atoms with Crippen molar-refractivity contribution in [3.05, 3.63) is 35.6 Å². The van der Waals surface area contributed by atoms with Gasteiger partial charge in [-0.15, -0.1) is 0 Å². The molecule has 28 heavy (non-hydrogen) atoms. The molecule has 0 unspecified atom stereocenters. The molecule has 1 aromatic carbocycles. The van der Waals surface area contributed by atoms with Gasteiger partial charge < -0.3 is 20.7 Å². The fourth-order valence-electron chi connectivity index (χ4n) is 2.58. The van der Waals surface area contributed by atoms with Crippen LogP contribution < -0.4 is 16.0 Å². The molecule has 1 heterocycles. The summed E-state index contributed by atoms with van der Waals surface area (Å²) in [5.41, 5.74) is 0.560. The van der Waals surface area contributed by atoms with Gasteiger partial charge in [-0.2, -0.15) is 4.31 Å². The van der Waals surface area contributed by atoms with E-state index in [9.17, 15) is 22.4 Å². The zero-order valence-electron chi connectivity index (χ0n) is 15.4. The maximum atomic E-state index is 13.1. The average molecular weight is 416 g/mol. The van der Waals surface area contributed by atoms with E-state index in [-0.39, 0.29) is 37.7 Å². The molecule has 0 radical (unpaired) electrons. The summed E-state index contributed by atoms with van der Waals surface area (Å²) < 4.78 is 43.7. The lowest BCUT2D eigenvalue weighted by Gasteiger charge is -2.26. The van der Waals surface area contributed by atoms with Crippen molar-refractivity contribution < 1.29 is 27.1 Å². The molecule has 0 saturated carbocycles. The Hall–Kier alpha value is -2.24. The number of rotatable bonds is 9. The highest BCUT2D eigenvalue weighted by atomic mass is 32.2. The second-order valence-corrected chi connectivity index (χ2v) is 8.26. The Morgan fingerprint density at radius 2 is 1.75 bits per heavy atom. The molecule has 2 rings (SSSR count). The van der Waals surface area contributed by atoms with Crippen LogP contribution in [0, 0.1) is 5.82 Å². The molecule has 11 heteroatoms. The molecule has 1 aliphatic heterocycles. The van der Waals surface area contributed by atoms with Gasteiger partial charge in [0.2, 0.25) is 15.9 Å². The van der Waals surface area contributed by atoms with E-state index in [2.05, 4.69) is 16.0 Å². The summed E-state index contributed by atoms with van der Waals surface area (Å²) in [4.78, 5) is 23.4. The number of benzene rings is 1. The summed E-state index contributed by atoms with van der Waals surface area (Å²) in [5, 5.41) is 7.61. The molecule has 3 N–H and O–H groups in total. The summed E-state index contributed by atoms with van der Waals surface area (Å²) in [7, 11) is -3.42. The van der Waals surface area contributed by atoms with Crippen molar-refractivity contribution in [3.63, 3.8) is 0 Å². The number of carbonyl (C=O) groups is 2.